The lowest BCUT2D eigenvalue weighted by atomic mass is 10.1. The van der Waals surface area contributed by atoms with E-state index in [0.717, 1.165) is 45.0 Å². The lowest BCUT2D eigenvalue weighted by molar-refractivity contribution is 0.245. The second-order valence-corrected chi connectivity index (χ2v) is 11.0. The summed E-state index contributed by atoms with van der Waals surface area (Å²) in [7, 11) is 0. The summed E-state index contributed by atoms with van der Waals surface area (Å²) in [5.41, 5.74) is 7.86. The van der Waals surface area contributed by atoms with Crippen molar-refractivity contribution in [2.24, 2.45) is 0 Å². The maximum atomic E-state index is 5.72. The molecule has 3 nitrogen and oxygen atoms in total. The van der Waals surface area contributed by atoms with E-state index in [0.29, 0.717) is 6.61 Å². The van der Waals surface area contributed by atoms with Gasteiger partial charge in [0.25, 0.3) is 0 Å². The number of rotatable bonds is 15. The lowest BCUT2D eigenvalue weighted by Crippen LogP contribution is -2.31. The van der Waals surface area contributed by atoms with Crippen LogP contribution in [-0.4, -0.2) is 29.5 Å². The van der Waals surface area contributed by atoms with E-state index in [1.165, 1.54) is 33.4 Å². The van der Waals surface area contributed by atoms with Gasteiger partial charge in [0.05, 0.1) is 6.61 Å². The van der Waals surface area contributed by atoms with E-state index in [1.54, 1.807) is 0 Å². The Morgan fingerprint density at radius 1 is 0.488 bits per heavy atom. The zero-order valence-corrected chi connectivity index (χ0v) is 25.2. The molecule has 43 heavy (non-hydrogen) atoms. The molecule has 218 valence electrons. The van der Waals surface area contributed by atoms with Crippen LogP contribution >= 0.6 is 0 Å². The van der Waals surface area contributed by atoms with Crippen LogP contribution in [-0.2, 0) is 26.2 Å². The Morgan fingerprint density at radius 2 is 0.837 bits per heavy atom. The Balaban J connectivity index is 1.46. The molecule has 5 rings (SSSR count). The summed E-state index contributed by atoms with van der Waals surface area (Å²) in [5, 5.41) is 0. The van der Waals surface area contributed by atoms with Gasteiger partial charge >= 0.3 is 0 Å². The Morgan fingerprint density at radius 3 is 1.16 bits per heavy atom. The Bertz CT molecular complexity index is 1330. The van der Waals surface area contributed by atoms with Crippen molar-refractivity contribution in [3.8, 4) is 5.75 Å². The van der Waals surface area contributed by atoms with Crippen molar-refractivity contribution in [1.29, 1.82) is 0 Å². The highest BCUT2D eigenvalue weighted by molar-refractivity contribution is 5.55. The van der Waals surface area contributed by atoms with E-state index in [-0.39, 0.29) is 0 Å². The quantitative estimate of drug-likeness (QED) is 0.126. The highest BCUT2D eigenvalue weighted by Crippen LogP contribution is 2.20. The first-order chi connectivity index (χ1) is 21.2. The Kier molecular flexibility index (Phi) is 11.4. The van der Waals surface area contributed by atoms with Crippen LogP contribution in [0.1, 0.15) is 34.7 Å². The highest BCUT2D eigenvalue weighted by atomic mass is 16.5. The van der Waals surface area contributed by atoms with Gasteiger partial charge in [-0.05, 0) is 52.4 Å². The largest absolute Gasteiger partial charge is 0.494 e. The van der Waals surface area contributed by atoms with Gasteiger partial charge < -0.3 is 4.74 Å². The maximum absolute atomic E-state index is 5.72. The van der Waals surface area contributed by atoms with Crippen LogP contribution in [0.4, 0.5) is 0 Å². The van der Waals surface area contributed by atoms with Gasteiger partial charge in [0, 0.05) is 39.3 Å². The first kappa shape index (κ1) is 30.0. The molecule has 0 amide bonds. The molecule has 5 aromatic carbocycles. The van der Waals surface area contributed by atoms with Crippen molar-refractivity contribution in [2.75, 3.05) is 19.7 Å². The molecular formula is C40H42N2O. The topological polar surface area (TPSA) is 15.7 Å². The minimum Gasteiger partial charge on any atom is -0.494 e. The normalized spacial score (nSPS) is 11.0. The molecule has 0 saturated carbocycles. The molecule has 0 fully saturated rings. The fourth-order valence-corrected chi connectivity index (χ4v) is 5.48. The molecule has 0 aliphatic heterocycles. The summed E-state index contributed by atoms with van der Waals surface area (Å²) < 4.78 is 5.72. The van der Waals surface area contributed by atoms with Gasteiger partial charge in [-0.15, -0.1) is 0 Å². The van der Waals surface area contributed by atoms with E-state index in [4.69, 9.17) is 4.74 Å². The maximum Gasteiger partial charge on any atom is 0.119 e. The average Bonchev–Trinajstić information content (AvgIpc) is 3.04. The average molecular weight is 567 g/mol. The predicted octanol–water partition coefficient (Wildman–Crippen LogP) is 8.87. The summed E-state index contributed by atoms with van der Waals surface area (Å²) in [6.07, 6.45) is 2.38. The number of hydrogen-bond donors (Lipinski definition) is 0. The monoisotopic (exact) mass is 566 g/mol. The van der Waals surface area contributed by atoms with Crippen molar-refractivity contribution < 1.29 is 4.74 Å². The van der Waals surface area contributed by atoms with E-state index in [9.17, 15) is 0 Å². The third-order valence-corrected chi connectivity index (χ3v) is 7.41. The van der Waals surface area contributed by atoms with Crippen molar-refractivity contribution in [2.45, 2.75) is 33.1 Å². The van der Waals surface area contributed by atoms with E-state index in [1.807, 2.05) is 6.92 Å². The van der Waals surface area contributed by atoms with Crippen LogP contribution in [0.15, 0.2) is 151 Å². The van der Waals surface area contributed by atoms with Crippen LogP contribution < -0.4 is 4.74 Å². The number of ether oxygens (including phenoxy) is 1. The molecule has 0 spiro atoms. The second kappa shape index (κ2) is 16.3. The van der Waals surface area contributed by atoms with Crippen molar-refractivity contribution >= 4 is 6.08 Å². The molecule has 0 bridgehead atoms. The first-order valence-electron chi connectivity index (χ1n) is 15.3. The van der Waals surface area contributed by atoms with E-state index >= 15 is 0 Å². The van der Waals surface area contributed by atoms with Gasteiger partial charge in [-0.1, -0.05) is 140 Å². The molecule has 0 aliphatic rings. The molecular weight excluding hydrogens is 524 g/mol. The van der Waals surface area contributed by atoms with Crippen LogP contribution in [0.2, 0.25) is 0 Å². The Hall–Kier alpha value is -4.44. The fraction of sp³-hybridized carbons (Fsp3) is 0.200. The minimum absolute atomic E-state index is 0.669. The smallest absolute Gasteiger partial charge is 0.119 e. The molecule has 0 N–H and O–H groups in total. The second-order valence-electron chi connectivity index (χ2n) is 11.0. The first-order valence-corrected chi connectivity index (χ1v) is 15.3. The number of benzene rings is 5. The van der Waals surface area contributed by atoms with Gasteiger partial charge in [0.1, 0.15) is 5.75 Å². The van der Waals surface area contributed by atoms with Crippen molar-refractivity contribution in [3.63, 3.8) is 0 Å². The third kappa shape index (κ3) is 10.1. The predicted molar refractivity (Wildman–Crippen MR) is 180 cm³/mol. The zero-order valence-electron chi connectivity index (χ0n) is 25.2. The number of nitrogens with zero attached hydrogens (tertiary/aromatic N) is 2. The Labute approximate surface area is 257 Å². The van der Waals surface area contributed by atoms with Crippen molar-refractivity contribution in [1.82, 2.24) is 9.80 Å². The number of hydrogen-bond acceptors (Lipinski definition) is 3. The van der Waals surface area contributed by atoms with E-state index in [2.05, 4.69) is 161 Å². The summed E-state index contributed by atoms with van der Waals surface area (Å²) in [6, 6.07) is 51.7. The standard InChI is InChI=1S/C40H42N2O/c1-2-43-40-25-23-34(24-26-40)27-39(32-41(28-35-15-7-3-8-16-35)29-36-17-9-4-10-18-36)33-42(30-37-19-11-5-12-20-37)31-38-21-13-6-14-22-38/h3-27H,2,28-33H2,1H3. The zero-order chi connectivity index (χ0) is 29.5. The third-order valence-electron chi connectivity index (χ3n) is 7.41. The summed E-state index contributed by atoms with van der Waals surface area (Å²) >= 11 is 0. The minimum atomic E-state index is 0.669. The van der Waals surface area contributed by atoms with Gasteiger partial charge in [0.15, 0.2) is 0 Å². The molecule has 0 saturated heterocycles. The van der Waals surface area contributed by atoms with Gasteiger partial charge in [0.2, 0.25) is 0 Å². The van der Waals surface area contributed by atoms with Gasteiger partial charge in [-0.25, -0.2) is 0 Å². The van der Waals surface area contributed by atoms with Crippen LogP contribution in [0.5, 0.6) is 5.75 Å². The molecule has 5 aromatic rings. The van der Waals surface area contributed by atoms with Gasteiger partial charge in [-0.2, -0.15) is 0 Å². The fourth-order valence-electron chi connectivity index (χ4n) is 5.48. The summed E-state index contributed by atoms with van der Waals surface area (Å²) in [6.45, 7) is 7.94. The molecule has 0 aromatic heterocycles. The molecule has 3 heteroatoms. The molecule has 0 atom stereocenters. The SMILES string of the molecule is CCOc1ccc(C=C(CN(Cc2ccccc2)Cc2ccccc2)CN(Cc2ccccc2)Cc2ccccc2)cc1. The van der Waals surface area contributed by atoms with E-state index < -0.39 is 0 Å². The van der Waals surface area contributed by atoms with Crippen LogP contribution in [0.3, 0.4) is 0 Å². The summed E-state index contributed by atoms with van der Waals surface area (Å²) in [4.78, 5) is 5.13. The molecule has 0 radical (unpaired) electrons. The van der Waals surface area contributed by atoms with Crippen LogP contribution in [0, 0.1) is 0 Å². The molecule has 0 heterocycles. The van der Waals surface area contributed by atoms with Gasteiger partial charge in [-0.3, -0.25) is 9.80 Å². The molecule has 0 aliphatic carbocycles. The highest BCUT2D eigenvalue weighted by Gasteiger charge is 2.15. The molecule has 0 unspecified atom stereocenters. The van der Waals surface area contributed by atoms with Crippen molar-refractivity contribution in [3.05, 3.63) is 179 Å². The lowest BCUT2D eigenvalue weighted by Gasteiger charge is -2.29. The van der Waals surface area contributed by atoms with Crippen LogP contribution in [0.25, 0.3) is 6.08 Å². The summed E-state index contributed by atoms with van der Waals surface area (Å²) in [5.74, 6) is 0.908.